The predicted molar refractivity (Wildman–Crippen MR) is 220 cm³/mol. The highest BCUT2D eigenvalue weighted by Gasteiger charge is 2.62. The topological polar surface area (TPSA) is 129 Å². The number of phenols is 1. The van der Waals surface area contributed by atoms with Crippen LogP contribution in [0.15, 0.2) is 109 Å². The first-order chi connectivity index (χ1) is 28.9. The maximum atomic E-state index is 14.8. The number of hydrogen-bond donors (Lipinski definition) is 1. The number of hydrogen-bond acceptors (Lipinski definition) is 10. The average Bonchev–Trinajstić information content (AvgIpc) is 3.69. The van der Waals surface area contributed by atoms with Crippen LogP contribution in [-0.2, 0) is 35.3 Å². The van der Waals surface area contributed by atoms with E-state index in [4.69, 9.17) is 14.2 Å². The van der Waals surface area contributed by atoms with Gasteiger partial charge in [0.25, 0.3) is 0 Å². The molecule has 4 aliphatic heterocycles. The van der Waals surface area contributed by atoms with E-state index >= 15 is 0 Å². The van der Waals surface area contributed by atoms with Gasteiger partial charge in [0.2, 0.25) is 23.6 Å². The zero-order valence-electron chi connectivity index (χ0n) is 32.7. The molecular formula is C47H46N4O8. The van der Waals surface area contributed by atoms with Crippen LogP contribution in [0.1, 0.15) is 29.9 Å². The van der Waals surface area contributed by atoms with Crippen LogP contribution in [0, 0.1) is 29.6 Å². The van der Waals surface area contributed by atoms with Crippen LogP contribution < -0.4 is 24.3 Å². The van der Waals surface area contributed by atoms with Crippen molar-refractivity contribution >= 4 is 46.4 Å². The summed E-state index contributed by atoms with van der Waals surface area (Å²) in [7, 11) is 0. The highest BCUT2D eigenvalue weighted by molar-refractivity contribution is 6.24. The van der Waals surface area contributed by atoms with Crippen molar-refractivity contribution < 1.29 is 38.5 Å². The molecule has 1 N–H and O–H groups in total. The van der Waals surface area contributed by atoms with Crippen molar-refractivity contribution in [3.8, 4) is 11.5 Å². The molecule has 12 nitrogen and oxygen atoms in total. The molecule has 302 valence electrons. The van der Waals surface area contributed by atoms with Crippen molar-refractivity contribution in [2.24, 2.45) is 29.6 Å². The molecule has 4 aromatic rings. The summed E-state index contributed by atoms with van der Waals surface area (Å²) in [6.45, 7) is 5.90. The molecule has 0 bridgehead atoms. The van der Waals surface area contributed by atoms with Gasteiger partial charge in [-0.2, -0.15) is 0 Å². The number of aromatic hydroxyl groups is 1. The van der Waals surface area contributed by atoms with E-state index in [1.807, 2.05) is 84.9 Å². The molecule has 0 radical (unpaired) electrons. The first kappa shape index (κ1) is 37.3. The Morgan fingerprint density at radius 3 is 1.71 bits per heavy atom. The molecule has 0 spiro atoms. The van der Waals surface area contributed by atoms with E-state index in [1.54, 1.807) is 18.2 Å². The lowest BCUT2D eigenvalue weighted by atomic mass is 9.57. The molecule has 4 heterocycles. The third kappa shape index (κ3) is 6.54. The van der Waals surface area contributed by atoms with Crippen LogP contribution >= 0.6 is 0 Å². The highest BCUT2D eigenvalue weighted by Crippen LogP contribution is 2.59. The van der Waals surface area contributed by atoms with E-state index in [9.17, 15) is 24.3 Å². The molecule has 6 aliphatic rings. The molecule has 4 aromatic carbocycles. The second-order valence-electron chi connectivity index (χ2n) is 16.3. The number of imide groups is 2. The Morgan fingerprint density at radius 1 is 0.593 bits per heavy atom. The van der Waals surface area contributed by atoms with Gasteiger partial charge in [0, 0.05) is 55.1 Å². The van der Waals surface area contributed by atoms with Gasteiger partial charge in [0.1, 0.15) is 18.1 Å². The van der Waals surface area contributed by atoms with Gasteiger partial charge in [-0.3, -0.25) is 29.0 Å². The fourth-order valence-electron chi connectivity index (χ4n) is 10.3. The molecule has 2 aliphatic carbocycles. The summed E-state index contributed by atoms with van der Waals surface area (Å²) in [6, 6.07) is 29.8. The number of phenolic OH excluding ortho intramolecular Hbond substituents is 1. The lowest BCUT2D eigenvalue weighted by Crippen LogP contribution is -2.43. The first-order valence-electron chi connectivity index (χ1n) is 20.7. The van der Waals surface area contributed by atoms with Crippen LogP contribution in [-0.4, -0.2) is 81.3 Å². The largest absolute Gasteiger partial charge is 0.508 e. The fraction of sp³-hybridized carbons (Fsp3) is 0.362. The number of carbonyl (C=O) groups is 4. The molecule has 4 saturated heterocycles. The second-order valence-corrected chi connectivity index (χ2v) is 16.3. The summed E-state index contributed by atoms with van der Waals surface area (Å²) in [5, 5.41) is 11.8. The number of rotatable bonds is 8. The predicted octanol–water partition coefficient (Wildman–Crippen LogP) is 5.69. The van der Waals surface area contributed by atoms with Crippen LogP contribution in [0.5, 0.6) is 11.5 Å². The van der Waals surface area contributed by atoms with Crippen molar-refractivity contribution in [1.29, 1.82) is 0 Å². The molecule has 1 saturated carbocycles. The number of anilines is 4. The van der Waals surface area contributed by atoms with Crippen molar-refractivity contribution in [3.05, 3.63) is 120 Å². The summed E-state index contributed by atoms with van der Waals surface area (Å²) < 4.78 is 17.1. The minimum Gasteiger partial charge on any atom is -0.508 e. The summed E-state index contributed by atoms with van der Waals surface area (Å²) in [4.78, 5) is 65.3. The Labute approximate surface area is 342 Å². The van der Waals surface area contributed by atoms with E-state index in [2.05, 4.69) is 9.80 Å². The van der Waals surface area contributed by atoms with Crippen molar-refractivity contribution in [1.82, 2.24) is 0 Å². The third-order valence-corrected chi connectivity index (χ3v) is 13.2. The summed E-state index contributed by atoms with van der Waals surface area (Å²) in [5.41, 5.74) is 5.25. The standard InChI is InChI=1S/C47H46N4O8/c52-40-26-34(59-28-29-4-2-1-3-5-29)14-15-36(40)41-35-16-17-37-42(46(55)50(44(37)53)32-10-6-30(7-11-32)48-18-22-57-23-19-48)38(35)27-39-43(41)47(56)51(45(39)54)33-12-8-31(9-13-33)49-20-24-58-25-21-49/h1-16,26,37-39,41-43,52H,17-25,27-28H2. The van der Waals surface area contributed by atoms with Crippen LogP contribution in [0.4, 0.5) is 22.7 Å². The summed E-state index contributed by atoms with van der Waals surface area (Å²) in [6.07, 6.45) is 2.55. The minimum atomic E-state index is -0.821. The van der Waals surface area contributed by atoms with Crippen LogP contribution in [0.3, 0.4) is 0 Å². The van der Waals surface area contributed by atoms with Gasteiger partial charge < -0.3 is 29.1 Å². The van der Waals surface area contributed by atoms with Gasteiger partial charge in [-0.25, -0.2) is 0 Å². The maximum absolute atomic E-state index is 14.8. The molecule has 0 aromatic heterocycles. The number of ether oxygens (including phenoxy) is 3. The molecule has 10 rings (SSSR count). The van der Waals surface area contributed by atoms with Crippen molar-refractivity contribution in [2.75, 3.05) is 72.2 Å². The zero-order chi connectivity index (χ0) is 40.2. The number of benzene rings is 4. The normalized spacial score (nSPS) is 26.7. The zero-order valence-corrected chi connectivity index (χ0v) is 32.7. The summed E-state index contributed by atoms with van der Waals surface area (Å²) >= 11 is 0. The molecule has 5 fully saturated rings. The van der Waals surface area contributed by atoms with Gasteiger partial charge >= 0.3 is 0 Å². The second kappa shape index (κ2) is 15.3. The van der Waals surface area contributed by atoms with Crippen LogP contribution in [0.25, 0.3) is 0 Å². The Morgan fingerprint density at radius 2 is 1.14 bits per heavy atom. The first-order valence-corrected chi connectivity index (χ1v) is 20.7. The monoisotopic (exact) mass is 794 g/mol. The van der Waals surface area contributed by atoms with Crippen molar-refractivity contribution in [3.63, 3.8) is 0 Å². The van der Waals surface area contributed by atoms with E-state index in [0.717, 1.165) is 48.7 Å². The number of fused-ring (bicyclic) bond motifs is 4. The third-order valence-electron chi connectivity index (χ3n) is 13.2. The quantitative estimate of drug-likeness (QED) is 0.176. The van der Waals surface area contributed by atoms with E-state index in [1.165, 1.54) is 9.80 Å². The van der Waals surface area contributed by atoms with Gasteiger partial charge in [0.05, 0.1) is 61.5 Å². The molecule has 6 atom stereocenters. The average molecular weight is 795 g/mol. The highest BCUT2D eigenvalue weighted by atomic mass is 16.5. The van der Waals surface area contributed by atoms with Crippen molar-refractivity contribution in [2.45, 2.75) is 25.4 Å². The Bertz CT molecular complexity index is 2300. The van der Waals surface area contributed by atoms with Gasteiger partial charge in [0.15, 0.2) is 0 Å². The molecule has 4 amide bonds. The number of nitrogens with zero attached hydrogens (tertiary/aromatic N) is 4. The SMILES string of the molecule is O=C1C2CC=C3C(CC4C(=O)N(c5ccc(N6CCOCC6)cc5)C(=O)C4C3c3ccc(OCc4ccccc4)cc3O)C2C(=O)N1c1ccc(N2CCOCC2)cc1. The number of amides is 4. The minimum absolute atomic E-state index is 0.0626. The maximum Gasteiger partial charge on any atom is 0.238 e. The molecule has 12 heteroatoms. The Balaban J connectivity index is 0.983. The lowest BCUT2D eigenvalue weighted by molar-refractivity contribution is -0.126. The number of morpholine rings is 2. The summed E-state index contributed by atoms with van der Waals surface area (Å²) in [5.74, 6) is -4.96. The smallest absolute Gasteiger partial charge is 0.238 e. The van der Waals surface area contributed by atoms with Gasteiger partial charge in [-0.05, 0) is 78.9 Å². The Kier molecular flexibility index (Phi) is 9.68. The van der Waals surface area contributed by atoms with E-state index in [-0.39, 0.29) is 35.8 Å². The number of allylic oxidation sites excluding steroid dienone is 2. The molecule has 59 heavy (non-hydrogen) atoms. The number of carbonyl (C=O) groups excluding carboxylic acids is 4. The van der Waals surface area contributed by atoms with E-state index in [0.29, 0.717) is 62.1 Å². The molecule has 6 unspecified atom stereocenters. The van der Waals surface area contributed by atoms with Crippen LogP contribution in [0.2, 0.25) is 0 Å². The van der Waals surface area contributed by atoms with E-state index < -0.39 is 35.5 Å². The van der Waals surface area contributed by atoms with Gasteiger partial charge in [-0.15, -0.1) is 0 Å². The lowest BCUT2D eigenvalue weighted by Gasteiger charge is -2.44. The fourth-order valence-corrected chi connectivity index (χ4v) is 10.3. The van der Waals surface area contributed by atoms with Gasteiger partial charge in [-0.1, -0.05) is 48.0 Å². The molecular weight excluding hydrogens is 749 g/mol. The Hall–Kier alpha value is -5.98.